The molecule has 0 saturated heterocycles. The van der Waals surface area contributed by atoms with E-state index in [0.29, 0.717) is 37.8 Å². The second-order valence-electron chi connectivity index (χ2n) is 3.52. The number of aldehydes is 1. The first-order chi connectivity index (χ1) is 7.13. The SMILES string of the molecule is NC(=O)CCCCC(=O)N1C=C(C=O)C1. The summed E-state index contributed by atoms with van der Waals surface area (Å²) in [6.07, 6.45) is 4.31. The third-order valence-corrected chi connectivity index (χ3v) is 2.21. The minimum absolute atomic E-state index is 0.00919. The van der Waals surface area contributed by atoms with Crippen molar-refractivity contribution in [3.63, 3.8) is 0 Å². The molecule has 1 aliphatic rings. The van der Waals surface area contributed by atoms with Gasteiger partial charge in [0.05, 0.1) is 6.54 Å². The first-order valence-electron chi connectivity index (χ1n) is 4.87. The summed E-state index contributed by atoms with van der Waals surface area (Å²) in [5, 5.41) is 0. The fourth-order valence-corrected chi connectivity index (χ4v) is 1.32. The van der Waals surface area contributed by atoms with Crippen LogP contribution in [0.25, 0.3) is 0 Å². The molecule has 0 aromatic carbocycles. The lowest BCUT2D eigenvalue weighted by Crippen LogP contribution is -2.35. The van der Waals surface area contributed by atoms with Gasteiger partial charge in [-0.15, -0.1) is 0 Å². The molecule has 1 rings (SSSR count). The summed E-state index contributed by atoms with van der Waals surface area (Å²) >= 11 is 0. The maximum absolute atomic E-state index is 11.4. The van der Waals surface area contributed by atoms with Gasteiger partial charge in [-0.3, -0.25) is 14.4 Å². The van der Waals surface area contributed by atoms with Crippen LogP contribution in [-0.4, -0.2) is 29.5 Å². The van der Waals surface area contributed by atoms with Gasteiger partial charge in [-0.05, 0) is 12.8 Å². The van der Waals surface area contributed by atoms with E-state index in [1.54, 1.807) is 6.20 Å². The molecule has 0 aromatic rings. The van der Waals surface area contributed by atoms with E-state index < -0.39 is 0 Å². The van der Waals surface area contributed by atoms with Crippen molar-refractivity contribution in [2.75, 3.05) is 6.54 Å². The first-order valence-corrected chi connectivity index (χ1v) is 4.87. The Kier molecular flexibility index (Phi) is 4.03. The van der Waals surface area contributed by atoms with E-state index in [0.717, 1.165) is 6.29 Å². The zero-order valence-corrected chi connectivity index (χ0v) is 8.44. The smallest absolute Gasteiger partial charge is 0.226 e. The van der Waals surface area contributed by atoms with E-state index in [9.17, 15) is 14.4 Å². The van der Waals surface area contributed by atoms with Gasteiger partial charge < -0.3 is 10.6 Å². The highest BCUT2D eigenvalue weighted by molar-refractivity contribution is 5.85. The van der Waals surface area contributed by atoms with E-state index >= 15 is 0 Å². The van der Waals surface area contributed by atoms with Crippen molar-refractivity contribution in [2.45, 2.75) is 25.7 Å². The van der Waals surface area contributed by atoms with Crippen molar-refractivity contribution in [3.8, 4) is 0 Å². The second-order valence-corrected chi connectivity index (χ2v) is 3.52. The number of nitrogens with two attached hydrogens (primary N) is 1. The molecule has 0 spiro atoms. The van der Waals surface area contributed by atoms with Gasteiger partial charge in [-0.25, -0.2) is 0 Å². The summed E-state index contributed by atoms with van der Waals surface area (Å²) in [6.45, 7) is 0.415. The number of unbranched alkanes of at least 4 members (excludes halogenated alkanes) is 1. The van der Waals surface area contributed by atoms with Crippen molar-refractivity contribution < 1.29 is 14.4 Å². The van der Waals surface area contributed by atoms with Crippen molar-refractivity contribution in [1.29, 1.82) is 0 Å². The molecular formula is C10H14N2O3. The van der Waals surface area contributed by atoms with Crippen LogP contribution in [0.4, 0.5) is 0 Å². The molecule has 0 atom stereocenters. The Bertz CT molecular complexity index is 310. The quantitative estimate of drug-likeness (QED) is 0.493. The Morgan fingerprint density at radius 2 is 2.00 bits per heavy atom. The molecule has 2 amide bonds. The van der Waals surface area contributed by atoms with Crippen LogP contribution in [0.2, 0.25) is 0 Å². The maximum Gasteiger partial charge on any atom is 0.226 e. The van der Waals surface area contributed by atoms with Gasteiger partial charge in [-0.1, -0.05) is 0 Å². The summed E-state index contributed by atoms with van der Waals surface area (Å²) in [5.74, 6) is -0.348. The molecule has 82 valence electrons. The van der Waals surface area contributed by atoms with Crippen LogP contribution in [0.1, 0.15) is 25.7 Å². The number of carbonyl (C=O) groups is 3. The highest BCUT2D eigenvalue weighted by Gasteiger charge is 2.20. The van der Waals surface area contributed by atoms with Crippen molar-refractivity contribution >= 4 is 18.1 Å². The van der Waals surface area contributed by atoms with Gasteiger partial charge in [-0.2, -0.15) is 0 Å². The third kappa shape index (κ3) is 3.53. The van der Waals surface area contributed by atoms with Crippen LogP contribution >= 0.6 is 0 Å². The molecule has 0 radical (unpaired) electrons. The molecule has 2 N–H and O–H groups in total. The number of hydrogen-bond acceptors (Lipinski definition) is 3. The minimum Gasteiger partial charge on any atom is -0.370 e. The van der Waals surface area contributed by atoms with Crippen LogP contribution < -0.4 is 5.73 Å². The zero-order valence-electron chi connectivity index (χ0n) is 8.44. The number of amides is 2. The second kappa shape index (κ2) is 5.29. The van der Waals surface area contributed by atoms with Crippen LogP contribution in [0.3, 0.4) is 0 Å². The zero-order chi connectivity index (χ0) is 11.3. The molecule has 1 heterocycles. The summed E-state index contributed by atoms with van der Waals surface area (Å²) in [6, 6.07) is 0. The molecule has 0 fully saturated rings. The molecule has 5 heteroatoms. The number of nitrogens with zero attached hydrogens (tertiary/aromatic N) is 1. The van der Waals surface area contributed by atoms with Gasteiger partial charge >= 0.3 is 0 Å². The monoisotopic (exact) mass is 210 g/mol. The highest BCUT2D eigenvalue weighted by Crippen LogP contribution is 2.13. The van der Waals surface area contributed by atoms with Crippen LogP contribution in [0.15, 0.2) is 11.8 Å². The molecule has 5 nitrogen and oxygen atoms in total. The minimum atomic E-state index is -0.338. The number of carbonyl (C=O) groups excluding carboxylic acids is 3. The Hall–Kier alpha value is -1.65. The lowest BCUT2D eigenvalue weighted by atomic mass is 10.1. The molecule has 15 heavy (non-hydrogen) atoms. The molecule has 0 aromatic heterocycles. The van der Waals surface area contributed by atoms with Crippen LogP contribution in [0.5, 0.6) is 0 Å². The number of primary amides is 1. The Balaban J connectivity index is 2.13. The predicted molar refractivity (Wildman–Crippen MR) is 53.5 cm³/mol. The molecule has 0 saturated carbocycles. The average molecular weight is 210 g/mol. The largest absolute Gasteiger partial charge is 0.370 e. The molecule has 0 aliphatic carbocycles. The van der Waals surface area contributed by atoms with Gasteiger partial charge in [0.2, 0.25) is 11.8 Å². The lowest BCUT2D eigenvalue weighted by Gasteiger charge is -2.26. The summed E-state index contributed by atoms with van der Waals surface area (Å²) in [4.78, 5) is 33.5. The standard InChI is InChI=1S/C10H14N2O3/c11-9(14)3-1-2-4-10(15)12-5-8(6-12)7-13/h5,7H,1-4,6H2,(H2,11,14). The van der Waals surface area contributed by atoms with Crippen LogP contribution in [0, 0.1) is 0 Å². The third-order valence-electron chi connectivity index (χ3n) is 2.21. The molecule has 0 bridgehead atoms. The fraction of sp³-hybridized carbons (Fsp3) is 0.500. The van der Waals surface area contributed by atoms with E-state index in [1.807, 2.05) is 0 Å². The van der Waals surface area contributed by atoms with E-state index in [1.165, 1.54) is 4.90 Å². The van der Waals surface area contributed by atoms with E-state index in [2.05, 4.69) is 0 Å². The van der Waals surface area contributed by atoms with Gasteiger partial charge in [0, 0.05) is 24.6 Å². The summed E-state index contributed by atoms with van der Waals surface area (Å²) in [7, 11) is 0. The summed E-state index contributed by atoms with van der Waals surface area (Å²) in [5.41, 5.74) is 5.60. The Morgan fingerprint density at radius 3 is 2.53 bits per heavy atom. The van der Waals surface area contributed by atoms with Crippen LogP contribution in [-0.2, 0) is 14.4 Å². The highest BCUT2D eigenvalue weighted by atomic mass is 16.2. The van der Waals surface area contributed by atoms with Crippen molar-refractivity contribution in [1.82, 2.24) is 4.90 Å². The summed E-state index contributed by atoms with van der Waals surface area (Å²) < 4.78 is 0. The maximum atomic E-state index is 11.4. The van der Waals surface area contributed by atoms with E-state index in [4.69, 9.17) is 5.73 Å². The first kappa shape index (κ1) is 11.4. The Morgan fingerprint density at radius 1 is 1.40 bits per heavy atom. The van der Waals surface area contributed by atoms with Gasteiger partial charge in [0.15, 0.2) is 0 Å². The molecular weight excluding hydrogens is 196 g/mol. The predicted octanol–water partition coefficient (Wildman–Crippen LogP) is -0.0429. The van der Waals surface area contributed by atoms with E-state index in [-0.39, 0.29) is 11.8 Å². The number of hydrogen-bond donors (Lipinski definition) is 1. The normalized spacial score (nSPS) is 14.1. The van der Waals surface area contributed by atoms with Gasteiger partial charge in [0.1, 0.15) is 6.29 Å². The molecule has 1 aliphatic heterocycles. The lowest BCUT2D eigenvalue weighted by molar-refractivity contribution is -0.129. The van der Waals surface area contributed by atoms with Crippen molar-refractivity contribution in [2.24, 2.45) is 5.73 Å². The average Bonchev–Trinajstić information content (AvgIpc) is 2.10. The fourth-order valence-electron chi connectivity index (χ4n) is 1.32. The van der Waals surface area contributed by atoms with Crippen molar-refractivity contribution in [3.05, 3.63) is 11.8 Å². The molecule has 0 unspecified atom stereocenters. The Labute approximate surface area is 87.9 Å². The topological polar surface area (TPSA) is 80.5 Å². The number of rotatable bonds is 6. The van der Waals surface area contributed by atoms with Gasteiger partial charge in [0.25, 0.3) is 0 Å².